The zero-order valence-corrected chi connectivity index (χ0v) is 26.0. The summed E-state index contributed by atoms with van der Waals surface area (Å²) in [6.07, 6.45) is 0.559. The van der Waals surface area contributed by atoms with Crippen molar-refractivity contribution in [2.24, 2.45) is 0 Å². The van der Waals surface area contributed by atoms with E-state index in [1.807, 2.05) is 12.1 Å². The SMILES string of the molecule is O=C(CCN(C(=O)C(Cl)Cl)c1ccnc(-c2cc(-c3c(Cl)cccc3Cl)no2)c1)c1ccc(N2CCN(C(=O)O)CC2)cc1. The summed E-state index contributed by atoms with van der Waals surface area (Å²) in [5.74, 6) is -0.481. The van der Waals surface area contributed by atoms with Crippen molar-refractivity contribution in [1.29, 1.82) is 0 Å². The molecule has 0 unspecified atom stereocenters. The summed E-state index contributed by atoms with van der Waals surface area (Å²) in [6, 6.07) is 17.0. The van der Waals surface area contributed by atoms with Crippen LogP contribution < -0.4 is 9.80 Å². The first kappa shape index (κ1) is 31.6. The molecule has 0 saturated carbocycles. The van der Waals surface area contributed by atoms with Crippen molar-refractivity contribution in [2.45, 2.75) is 11.3 Å². The second-order valence-corrected chi connectivity index (χ2v) is 11.8. The number of Topliss-reactive ketones (excluding diaryl/α,β-unsaturated/α-hetero) is 1. The molecule has 0 atom stereocenters. The van der Waals surface area contributed by atoms with Crippen LogP contribution in [0.4, 0.5) is 16.2 Å². The number of anilines is 2. The highest BCUT2D eigenvalue weighted by Crippen LogP contribution is 2.36. The van der Waals surface area contributed by atoms with Gasteiger partial charge in [0, 0.05) is 73.9 Å². The number of rotatable bonds is 9. The Bertz CT molecular complexity index is 1650. The van der Waals surface area contributed by atoms with Crippen LogP contribution >= 0.6 is 46.4 Å². The van der Waals surface area contributed by atoms with E-state index in [0.717, 1.165) is 5.69 Å². The molecule has 228 valence electrons. The third-order valence-corrected chi connectivity index (χ3v) is 8.16. The minimum absolute atomic E-state index is 0.00200. The van der Waals surface area contributed by atoms with E-state index in [1.165, 1.54) is 16.0 Å². The van der Waals surface area contributed by atoms with Gasteiger partial charge in [0.15, 0.2) is 16.4 Å². The van der Waals surface area contributed by atoms with E-state index in [0.29, 0.717) is 70.2 Å². The number of hydrogen-bond acceptors (Lipinski definition) is 7. The fraction of sp³-hybridized carbons (Fsp3) is 0.233. The summed E-state index contributed by atoms with van der Waals surface area (Å²) in [7, 11) is 0. The van der Waals surface area contributed by atoms with Crippen LogP contribution in [0.5, 0.6) is 0 Å². The van der Waals surface area contributed by atoms with Crippen LogP contribution in [0.2, 0.25) is 10.0 Å². The number of amides is 2. The average molecular weight is 677 g/mol. The van der Waals surface area contributed by atoms with Gasteiger partial charge in [-0.2, -0.15) is 0 Å². The Balaban J connectivity index is 1.29. The number of piperazine rings is 1. The zero-order chi connectivity index (χ0) is 31.4. The average Bonchev–Trinajstić information content (AvgIpc) is 3.51. The Labute approximate surface area is 272 Å². The van der Waals surface area contributed by atoms with Crippen LogP contribution in [0.15, 0.2) is 71.4 Å². The van der Waals surface area contributed by atoms with Gasteiger partial charge in [0.1, 0.15) is 11.4 Å². The maximum Gasteiger partial charge on any atom is 0.407 e. The Morgan fingerprint density at radius 1 is 0.932 bits per heavy atom. The van der Waals surface area contributed by atoms with E-state index in [4.69, 9.17) is 56.0 Å². The van der Waals surface area contributed by atoms with Crippen LogP contribution in [0.3, 0.4) is 0 Å². The largest absolute Gasteiger partial charge is 0.465 e. The number of carbonyl (C=O) groups excluding carboxylic acids is 2. The number of ketones is 1. The number of benzene rings is 2. The van der Waals surface area contributed by atoms with Gasteiger partial charge in [0.05, 0.1) is 10.0 Å². The van der Waals surface area contributed by atoms with Gasteiger partial charge in [-0.25, -0.2) is 4.79 Å². The molecule has 1 saturated heterocycles. The molecular formula is C30H25Cl4N5O5. The monoisotopic (exact) mass is 675 g/mol. The lowest BCUT2D eigenvalue weighted by Crippen LogP contribution is -2.48. The van der Waals surface area contributed by atoms with Gasteiger partial charge in [-0.1, -0.05) is 57.6 Å². The Hall–Kier alpha value is -3.83. The number of carbonyl (C=O) groups is 3. The quantitative estimate of drug-likeness (QED) is 0.150. The Morgan fingerprint density at radius 3 is 2.25 bits per heavy atom. The zero-order valence-electron chi connectivity index (χ0n) is 23.0. The molecule has 3 heterocycles. The van der Waals surface area contributed by atoms with Crippen molar-refractivity contribution >= 4 is 75.6 Å². The number of halogens is 4. The van der Waals surface area contributed by atoms with E-state index in [2.05, 4.69) is 15.0 Å². The van der Waals surface area contributed by atoms with Crippen LogP contribution in [-0.2, 0) is 4.79 Å². The molecule has 1 N–H and O–H groups in total. The minimum atomic E-state index is -1.36. The van der Waals surface area contributed by atoms with Crippen molar-refractivity contribution < 1.29 is 24.0 Å². The number of hydrogen-bond donors (Lipinski definition) is 1. The molecule has 1 aliphatic heterocycles. The summed E-state index contributed by atoms with van der Waals surface area (Å²) >= 11 is 24.5. The van der Waals surface area contributed by atoms with Gasteiger partial charge < -0.3 is 24.3 Å². The number of carboxylic acid groups (broad SMARTS) is 1. The first-order valence-corrected chi connectivity index (χ1v) is 15.1. The maximum atomic E-state index is 13.1. The second-order valence-electron chi connectivity index (χ2n) is 9.84. The Morgan fingerprint density at radius 2 is 1.61 bits per heavy atom. The van der Waals surface area contributed by atoms with E-state index in [-0.39, 0.29) is 18.7 Å². The summed E-state index contributed by atoms with van der Waals surface area (Å²) in [6.45, 7) is 1.95. The third kappa shape index (κ3) is 7.10. The van der Waals surface area contributed by atoms with E-state index in [1.54, 1.807) is 48.5 Å². The van der Waals surface area contributed by atoms with Gasteiger partial charge in [-0.05, 0) is 48.5 Å². The molecule has 2 aromatic carbocycles. The molecule has 0 bridgehead atoms. The van der Waals surface area contributed by atoms with Gasteiger partial charge in [0.25, 0.3) is 5.91 Å². The van der Waals surface area contributed by atoms with Crippen LogP contribution in [-0.4, -0.2) is 75.5 Å². The summed E-state index contributed by atoms with van der Waals surface area (Å²) in [4.78, 5) is 45.0. The molecule has 4 aromatic rings. The molecule has 10 nitrogen and oxygen atoms in total. The van der Waals surface area contributed by atoms with Crippen molar-refractivity contribution in [3.8, 4) is 22.7 Å². The Kier molecular flexibility index (Phi) is 9.95. The van der Waals surface area contributed by atoms with Crippen molar-refractivity contribution in [3.63, 3.8) is 0 Å². The smallest absolute Gasteiger partial charge is 0.407 e. The fourth-order valence-corrected chi connectivity index (χ4v) is 5.66. The standard InChI is InChI=1S/C30H25Cl4N5O5/c31-21-2-1-3-22(32)27(21)24-17-26(44-36-24)23-16-20(8-10-35-23)39(29(41)28(33)34)11-9-25(40)18-4-6-19(7-5-18)37-12-14-38(15-13-37)30(42)43/h1-8,10,16-17,28H,9,11-15H2,(H,42,43). The first-order valence-electron chi connectivity index (χ1n) is 13.5. The molecule has 14 heteroatoms. The summed E-state index contributed by atoms with van der Waals surface area (Å²) in [5.41, 5.74) is 3.07. The molecule has 5 rings (SSSR count). The number of alkyl halides is 2. The van der Waals surface area contributed by atoms with Crippen molar-refractivity contribution in [3.05, 3.63) is 82.5 Å². The lowest BCUT2D eigenvalue weighted by atomic mass is 10.1. The van der Waals surface area contributed by atoms with E-state index in [9.17, 15) is 14.4 Å². The molecule has 1 fully saturated rings. The summed E-state index contributed by atoms with van der Waals surface area (Å²) in [5, 5.41) is 14.0. The first-order chi connectivity index (χ1) is 21.1. The van der Waals surface area contributed by atoms with E-state index >= 15 is 0 Å². The lowest BCUT2D eigenvalue weighted by Gasteiger charge is -2.34. The van der Waals surface area contributed by atoms with Crippen molar-refractivity contribution in [1.82, 2.24) is 15.0 Å². The normalized spacial score (nSPS) is 13.3. The molecule has 0 spiro atoms. The highest BCUT2D eigenvalue weighted by molar-refractivity contribution is 6.54. The topological polar surface area (TPSA) is 120 Å². The fourth-order valence-electron chi connectivity index (χ4n) is 4.83. The molecule has 2 amide bonds. The van der Waals surface area contributed by atoms with E-state index < -0.39 is 16.8 Å². The van der Waals surface area contributed by atoms with Gasteiger partial charge in [-0.3, -0.25) is 14.6 Å². The van der Waals surface area contributed by atoms with Gasteiger partial charge in [0.2, 0.25) is 0 Å². The molecule has 1 aliphatic rings. The minimum Gasteiger partial charge on any atom is -0.465 e. The highest BCUT2D eigenvalue weighted by Gasteiger charge is 2.25. The van der Waals surface area contributed by atoms with Gasteiger partial charge >= 0.3 is 6.09 Å². The summed E-state index contributed by atoms with van der Waals surface area (Å²) < 4.78 is 5.51. The predicted molar refractivity (Wildman–Crippen MR) is 170 cm³/mol. The van der Waals surface area contributed by atoms with Gasteiger partial charge in [-0.15, -0.1) is 0 Å². The molecule has 0 aliphatic carbocycles. The molecule has 44 heavy (non-hydrogen) atoms. The van der Waals surface area contributed by atoms with Crippen LogP contribution in [0.25, 0.3) is 22.7 Å². The predicted octanol–water partition coefficient (Wildman–Crippen LogP) is 6.92. The maximum absolute atomic E-state index is 13.1. The van der Waals surface area contributed by atoms with Crippen molar-refractivity contribution in [2.75, 3.05) is 42.5 Å². The third-order valence-electron chi connectivity index (χ3n) is 7.16. The number of pyridine rings is 1. The highest BCUT2D eigenvalue weighted by atomic mass is 35.5. The number of nitrogens with zero attached hydrogens (tertiary/aromatic N) is 5. The molecular weight excluding hydrogens is 652 g/mol. The second kappa shape index (κ2) is 13.9. The van der Waals surface area contributed by atoms with Crippen LogP contribution in [0, 0.1) is 0 Å². The van der Waals surface area contributed by atoms with Crippen LogP contribution in [0.1, 0.15) is 16.8 Å². The number of aromatic nitrogens is 2. The molecule has 0 radical (unpaired) electrons. The molecule has 2 aromatic heterocycles. The lowest BCUT2D eigenvalue weighted by molar-refractivity contribution is -0.117.